The molecule has 0 spiro atoms. The van der Waals surface area contributed by atoms with Crippen LogP contribution in [0.5, 0.6) is 0 Å². The average molecular weight is 313 g/mol. The van der Waals surface area contributed by atoms with E-state index in [9.17, 15) is 0 Å². The van der Waals surface area contributed by atoms with Crippen LogP contribution < -0.4 is 10.6 Å². The van der Waals surface area contributed by atoms with E-state index in [1.165, 1.54) is 5.56 Å². The van der Waals surface area contributed by atoms with Gasteiger partial charge in [0, 0.05) is 16.9 Å². The van der Waals surface area contributed by atoms with E-state index in [1.807, 2.05) is 30.3 Å². The lowest BCUT2D eigenvalue weighted by Gasteiger charge is -2.26. The van der Waals surface area contributed by atoms with Crippen LogP contribution in [-0.2, 0) is 0 Å². The van der Waals surface area contributed by atoms with Crippen molar-refractivity contribution in [1.29, 1.82) is 0 Å². The van der Waals surface area contributed by atoms with E-state index >= 15 is 0 Å². The van der Waals surface area contributed by atoms with Crippen LogP contribution in [0.1, 0.15) is 22.9 Å². The Hall–Kier alpha value is -3.07. The van der Waals surface area contributed by atoms with Gasteiger partial charge in [0.15, 0.2) is 0 Å². The fourth-order valence-corrected chi connectivity index (χ4v) is 2.86. The summed E-state index contributed by atoms with van der Waals surface area (Å²) in [6.07, 6.45) is -0.0888. The van der Waals surface area contributed by atoms with Crippen LogP contribution in [-0.4, -0.2) is 5.84 Å². The van der Waals surface area contributed by atoms with E-state index in [1.54, 1.807) is 0 Å². The van der Waals surface area contributed by atoms with E-state index in [2.05, 4.69) is 66.1 Å². The Morgan fingerprint density at radius 2 is 1.54 bits per heavy atom. The number of benzene rings is 3. The van der Waals surface area contributed by atoms with Crippen molar-refractivity contribution < 1.29 is 0 Å². The number of amidine groups is 1. The molecule has 0 aliphatic carbocycles. The van der Waals surface area contributed by atoms with Crippen LogP contribution in [0.25, 0.3) is 0 Å². The summed E-state index contributed by atoms with van der Waals surface area (Å²) in [7, 11) is 0. The molecule has 1 atom stereocenters. The molecule has 0 amide bonds. The molecule has 0 saturated heterocycles. The van der Waals surface area contributed by atoms with Gasteiger partial charge in [-0.15, -0.1) is 0 Å². The summed E-state index contributed by atoms with van der Waals surface area (Å²) in [4.78, 5) is 4.91. The molecule has 0 aromatic heterocycles. The third-order valence-electron chi connectivity index (χ3n) is 4.16. The molecule has 3 heteroatoms. The van der Waals surface area contributed by atoms with Gasteiger partial charge >= 0.3 is 0 Å². The second kappa shape index (κ2) is 6.20. The molecule has 4 rings (SSSR count). The summed E-state index contributed by atoms with van der Waals surface area (Å²) in [5.41, 5.74) is 5.62. The number of aliphatic imine (C=N–C) groups is 1. The molecule has 3 nitrogen and oxygen atoms in total. The Bertz CT molecular complexity index is 867. The van der Waals surface area contributed by atoms with Gasteiger partial charge < -0.3 is 10.6 Å². The summed E-state index contributed by atoms with van der Waals surface area (Å²) in [6, 6.07) is 26.9. The van der Waals surface area contributed by atoms with Gasteiger partial charge in [-0.05, 0) is 36.8 Å². The molecule has 24 heavy (non-hydrogen) atoms. The standard InChI is InChI=1S/C21H19N3/c1-15-11-13-17(14-12-15)22-21-18-9-5-6-10-19(18)23-20(24-21)16-7-3-2-4-8-16/h2-14,20,23H,1H3,(H,22,24). The lowest BCUT2D eigenvalue weighted by atomic mass is 10.1. The fourth-order valence-electron chi connectivity index (χ4n) is 2.86. The minimum absolute atomic E-state index is 0.0888. The predicted octanol–water partition coefficient (Wildman–Crippen LogP) is 4.98. The van der Waals surface area contributed by atoms with Crippen molar-refractivity contribution in [3.63, 3.8) is 0 Å². The van der Waals surface area contributed by atoms with Gasteiger partial charge in [-0.25, -0.2) is 4.99 Å². The summed E-state index contributed by atoms with van der Waals surface area (Å²) >= 11 is 0. The zero-order valence-electron chi connectivity index (χ0n) is 13.5. The smallest absolute Gasteiger partial charge is 0.147 e. The first-order chi connectivity index (χ1) is 11.8. The van der Waals surface area contributed by atoms with Gasteiger partial charge in [-0.2, -0.15) is 0 Å². The Morgan fingerprint density at radius 3 is 2.33 bits per heavy atom. The number of para-hydroxylation sites is 1. The highest BCUT2D eigenvalue weighted by Gasteiger charge is 2.21. The van der Waals surface area contributed by atoms with E-state index in [-0.39, 0.29) is 6.17 Å². The van der Waals surface area contributed by atoms with Gasteiger partial charge in [0.25, 0.3) is 0 Å². The Labute approximate surface area is 142 Å². The molecule has 0 bridgehead atoms. The molecule has 118 valence electrons. The van der Waals surface area contributed by atoms with Crippen molar-refractivity contribution in [1.82, 2.24) is 0 Å². The molecule has 0 fully saturated rings. The third kappa shape index (κ3) is 2.88. The Balaban J connectivity index is 1.72. The highest BCUT2D eigenvalue weighted by molar-refractivity contribution is 6.12. The van der Waals surface area contributed by atoms with E-state index < -0.39 is 0 Å². The van der Waals surface area contributed by atoms with E-state index in [0.717, 1.165) is 28.3 Å². The largest absolute Gasteiger partial charge is 0.359 e. The maximum Gasteiger partial charge on any atom is 0.147 e. The summed E-state index contributed by atoms with van der Waals surface area (Å²) < 4.78 is 0. The maximum atomic E-state index is 4.91. The topological polar surface area (TPSA) is 36.4 Å². The van der Waals surface area contributed by atoms with Crippen LogP contribution in [0.2, 0.25) is 0 Å². The SMILES string of the molecule is Cc1ccc(NC2=NC(c3ccccc3)Nc3ccccc32)cc1. The zero-order valence-corrected chi connectivity index (χ0v) is 13.5. The van der Waals surface area contributed by atoms with Crippen LogP contribution in [0, 0.1) is 6.92 Å². The fraction of sp³-hybridized carbons (Fsp3) is 0.0952. The van der Waals surface area contributed by atoms with Gasteiger partial charge in [-0.3, -0.25) is 0 Å². The normalized spacial score (nSPS) is 15.9. The third-order valence-corrected chi connectivity index (χ3v) is 4.16. The molecule has 1 aliphatic rings. The number of hydrogen-bond acceptors (Lipinski definition) is 3. The summed E-state index contributed by atoms with van der Waals surface area (Å²) in [6.45, 7) is 2.09. The molecule has 0 saturated carbocycles. The van der Waals surface area contributed by atoms with Crippen molar-refractivity contribution in [3.8, 4) is 0 Å². The van der Waals surface area contributed by atoms with Crippen molar-refractivity contribution >= 4 is 17.2 Å². The van der Waals surface area contributed by atoms with Crippen molar-refractivity contribution in [2.75, 3.05) is 10.6 Å². The monoisotopic (exact) mass is 313 g/mol. The number of aryl methyl sites for hydroxylation is 1. The predicted molar refractivity (Wildman–Crippen MR) is 101 cm³/mol. The first-order valence-electron chi connectivity index (χ1n) is 8.12. The number of rotatable bonds is 2. The lowest BCUT2D eigenvalue weighted by molar-refractivity contribution is 0.827. The number of hydrogen-bond donors (Lipinski definition) is 2. The van der Waals surface area contributed by atoms with Gasteiger partial charge in [0.05, 0.1) is 0 Å². The molecule has 1 heterocycles. The maximum absolute atomic E-state index is 4.91. The molecule has 3 aromatic rings. The molecule has 3 aromatic carbocycles. The summed E-state index contributed by atoms with van der Waals surface area (Å²) in [5, 5.41) is 6.98. The first kappa shape index (κ1) is 14.5. The number of nitrogens with one attached hydrogen (secondary N) is 2. The molecule has 1 aliphatic heterocycles. The molecular formula is C21H19N3. The van der Waals surface area contributed by atoms with Crippen LogP contribution in [0.4, 0.5) is 11.4 Å². The van der Waals surface area contributed by atoms with Crippen LogP contribution in [0.3, 0.4) is 0 Å². The highest BCUT2D eigenvalue weighted by atomic mass is 15.2. The van der Waals surface area contributed by atoms with Crippen molar-refractivity contribution in [2.45, 2.75) is 13.1 Å². The van der Waals surface area contributed by atoms with Crippen molar-refractivity contribution in [3.05, 3.63) is 95.6 Å². The summed E-state index contributed by atoms with van der Waals surface area (Å²) in [5.74, 6) is 0.891. The Morgan fingerprint density at radius 1 is 0.833 bits per heavy atom. The second-order valence-electron chi connectivity index (χ2n) is 5.97. The zero-order chi connectivity index (χ0) is 16.4. The van der Waals surface area contributed by atoms with Crippen LogP contribution >= 0.6 is 0 Å². The van der Waals surface area contributed by atoms with Crippen molar-refractivity contribution in [2.24, 2.45) is 4.99 Å². The minimum atomic E-state index is -0.0888. The van der Waals surface area contributed by atoms with Gasteiger partial charge in [-0.1, -0.05) is 60.2 Å². The minimum Gasteiger partial charge on any atom is -0.359 e. The van der Waals surface area contributed by atoms with E-state index in [0.29, 0.717) is 0 Å². The molecule has 1 unspecified atom stereocenters. The number of nitrogens with zero attached hydrogens (tertiary/aromatic N) is 1. The van der Waals surface area contributed by atoms with E-state index in [4.69, 9.17) is 4.99 Å². The quantitative estimate of drug-likeness (QED) is 0.700. The highest BCUT2D eigenvalue weighted by Crippen LogP contribution is 2.30. The Kier molecular flexibility index (Phi) is 3.75. The molecule has 2 N–H and O–H groups in total. The molecular weight excluding hydrogens is 294 g/mol. The van der Waals surface area contributed by atoms with Gasteiger partial charge in [0.1, 0.15) is 12.0 Å². The molecule has 0 radical (unpaired) electrons. The lowest BCUT2D eigenvalue weighted by Crippen LogP contribution is -2.24. The second-order valence-corrected chi connectivity index (χ2v) is 5.97. The average Bonchev–Trinajstić information content (AvgIpc) is 2.64. The number of fused-ring (bicyclic) bond motifs is 1. The van der Waals surface area contributed by atoms with Crippen LogP contribution in [0.15, 0.2) is 83.9 Å². The van der Waals surface area contributed by atoms with Gasteiger partial charge in [0.2, 0.25) is 0 Å². The first-order valence-corrected chi connectivity index (χ1v) is 8.12. The number of anilines is 2.